The minimum absolute atomic E-state index is 0.853. The molecule has 0 spiro atoms. The topological polar surface area (TPSA) is 31.4 Å². The van der Waals surface area contributed by atoms with Gasteiger partial charge in [-0.1, -0.05) is 38.0 Å². The summed E-state index contributed by atoms with van der Waals surface area (Å²) in [6.45, 7) is 18.9. The Morgan fingerprint density at radius 2 is 1.79 bits per heavy atom. The van der Waals surface area contributed by atoms with Crippen molar-refractivity contribution in [1.82, 2.24) is 9.88 Å². The van der Waals surface area contributed by atoms with Gasteiger partial charge in [-0.25, -0.2) is 4.98 Å². The van der Waals surface area contributed by atoms with Crippen LogP contribution in [-0.2, 0) is 0 Å². The number of piperidine rings is 1. The van der Waals surface area contributed by atoms with Crippen molar-refractivity contribution >= 4 is 29.4 Å². The number of nitrogens with one attached hydrogen (secondary N) is 1. The molecule has 172 valence electrons. The quantitative estimate of drug-likeness (QED) is 0.567. The van der Waals surface area contributed by atoms with Crippen LogP contribution in [0, 0.1) is 0 Å². The van der Waals surface area contributed by atoms with Gasteiger partial charge in [0.25, 0.3) is 0 Å². The lowest BCUT2D eigenvalue weighted by Crippen LogP contribution is -2.30. The van der Waals surface area contributed by atoms with Gasteiger partial charge in [0, 0.05) is 49.0 Å². The molecule has 4 heteroatoms. The number of rotatable bonds is 8. The molecule has 1 N–H and O–H groups in total. The molecule has 0 aliphatic carbocycles. The van der Waals surface area contributed by atoms with Crippen LogP contribution < -0.4 is 20.7 Å². The summed E-state index contributed by atoms with van der Waals surface area (Å²) in [4.78, 5) is 8.92. The van der Waals surface area contributed by atoms with E-state index in [1.165, 1.54) is 19.3 Å². The maximum atomic E-state index is 4.59. The number of hydrogen-bond donors (Lipinski definition) is 1. The van der Waals surface area contributed by atoms with Gasteiger partial charge in [0.05, 0.1) is 0 Å². The van der Waals surface area contributed by atoms with Crippen LogP contribution in [0.15, 0.2) is 79.8 Å². The third-order valence-electron chi connectivity index (χ3n) is 5.97. The van der Waals surface area contributed by atoms with Gasteiger partial charge in [0.15, 0.2) is 0 Å². The molecule has 0 radical (unpaired) electrons. The molecule has 1 aromatic carbocycles. The van der Waals surface area contributed by atoms with Gasteiger partial charge in [-0.2, -0.15) is 0 Å². The largest absolute Gasteiger partial charge is 0.357 e. The standard InChI is InChI=1S/C29H36N4/c1-7-16-32(6)24(5)22(3)19-27-20-28(13-12-25(27)8-2)31-23(4)26-14-15-30-29(21-26)33-17-10-9-11-18-33/h7-8,12-16,19-21,31H,3-5,9-11,17-18H2,1-2,6H3/b16-7?,25-8-,27-19-. The lowest BCUT2D eigenvalue weighted by atomic mass is 10.1. The SMILES string of the molecule is C=C(/C=c1/cc(NC(=C)c2ccnc(N3CCCCC3)c2)cc/c1=C/C)C(=C)N(C)C=CC. The normalized spacial score (nSPS) is 15.1. The van der Waals surface area contributed by atoms with E-state index >= 15 is 0 Å². The molecule has 1 saturated heterocycles. The second kappa shape index (κ2) is 11.4. The maximum absolute atomic E-state index is 4.59. The minimum atomic E-state index is 0.853. The smallest absolute Gasteiger partial charge is 0.129 e. The Bertz CT molecular complexity index is 1170. The monoisotopic (exact) mass is 440 g/mol. The van der Waals surface area contributed by atoms with Gasteiger partial charge in [-0.3, -0.25) is 0 Å². The van der Waals surface area contributed by atoms with Crippen LogP contribution in [-0.4, -0.2) is 30.0 Å². The predicted octanol–water partition coefficient (Wildman–Crippen LogP) is 5.27. The lowest BCUT2D eigenvalue weighted by molar-refractivity contribution is 0.573. The predicted molar refractivity (Wildman–Crippen MR) is 144 cm³/mol. The second-order valence-electron chi connectivity index (χ2n) is 8.40. The first-order chi connectivity index (χ1) is 15.9. The van der Waals surface area contributed by atoms with Crippen LogP contribution in [0.3, 0.4) is 0 Å². The van der Waals surface area contributed by atoms with Gasteiger partial charge < -0.3 is 15.1 Å². The second-order valence-corrected chi connectivity index (χ2v) is 8.40. The van der Waals surface area contributed by atoms with Gasteiger partial charge in [0.2, 0.25) is 0 Å². The van der Waals surface area contributed by atoms with Gasteiger partial charge >= 0.3 is 0 Å². The number of likely N-dealkylation sites (N-methyl/N-ethyl adjacent to an activating group) is 1. The highest BCUT2D eigenvalue weighted by Gasteiger charge is 2.13. The highest BCUT2D eigenvalue weighted by atomic mass is 15.2. The lowest BCUT2D eigenvalue weighted by Gasteiger charge is -2.28. The Morgan fingerprint density at radius 1 is 1.03 bits per heavy atom. The van der Waals surface area contributed by atoms with Crippen LogP contribution in [0.4, 0.5) is 11.5 Å². The van der Waals surface area contributed by atoms with Crippen molar-refractivity contribution in [3.63, 3.8) is 0 Å². The van der Waals surface area contributed by atoms with Crippen LogP contribution in [0.2, 0.25) is 0 Å². The van der Waals surface area contributed by atoms with Crippen LogP contribution in [0.5, 0.6) is 0 Å². The number of allylic oxidation sites excluding steroid dienone is 2. The van der Waals surface area contributed by atoms with Crippen molar-refractivity contribution < 1.29 is 0 Å². The molecule has 0 saturated carbocycles. The number of aromatic nitrogens is 1. The fourth-order valence-corrected chi connectivity index (χ4v) is 4.00. The Kier molecular flexibility index (Phi) is 8.31. The van der Waals surface area contributed by atoms with Gasteiger partial charge in [-0.05, 0) is 85.7 Å². The third kappa shape index (κ3) is 6.26. The molecule has 3 rings (SSSR count). The first kappa shape index (κ1) is 24.1. The molecule has 0 unspecified atom stereocenters. The first-order valence-corrected chi connectivity index (χ1v) is 11.6. The molecule has 4 nitrogen and oxygen atoms in total. The van der Waals surface area contributed by atoms with E-state index in [0.717, 1.165) is 57.6 Å². The summed E-state index contributed by atoms with van der Waals surface area (Å²) in [5.41, 5.74) is 4.61. The maximum Gasteiger partial charge on any atom is 0.129 e. The molecule has 2 heterocycles. The van der Waals surface area contributed by atoms with Crippen molar-refractivity contribution in [3.8, 4) is 0 Å². The van der Waals surface area contributed by atoms with Crippen molar-refractivity contribution in [2.24, 2.45) is 0 Å². The Labute approximate surface area is 198 Å². The first-order valence-electron chi connectivity index (χ1n) is 11.6. The fraction of sp³-hybridized carbons (Fsp3) is 0.276. The van der Waals surface area contributed by atoms with Crippen molar-refractivity contribution in [2.45, 2.75) is 33.1 Å². The van der Waals surface area contributed by atoms with E-state index in [4.69, 9.17) is 0 Å². The molecular weight excluding hydrogens is 404 g/mol. The number of pyridine rings is 1. The Balaban J connectivity index is 1.83. The number of nitrogens with zero attached hydrogens (tertiary/aromatic N) is 3. The summed E-state index contributed by atoms with van der Waals surface area (Å²) in [5, 5.41) is 5.70. The highest BCUT2D eigenvalue weighted by molar-refractivity contribution is 5.76. The van der Waals surface area contributed by atoms with E-state index in [0.29, 0.717) is 0 Å². The van der Waals surface area contributed by atoms with E-state index < -0.39 is 0 Å². The van der Waals surface area contributed by atoms with E-state index in [1.807, 2.05) is 50.3 Å². The summed E-state index contributed by atoms with van der Waals surface area (Å²) in [5.74, 6) is 1.03. The van der Waals surface area contributed by atoms with Crippen LogP contribution in [0.1, 0.15) is 38.7 Å². The summed E-state index contributed by atoms with van der Waals surface area (Å²) in [6.07, 6.45) is 13.8. The Morgan fingerprint density at radius 3 is 2.48 bits per heavy atom. The molecule has 1 aliphatic heterocycles. The summed E-state index contributed by atoms with van der Waals surface area (Å²) < 4.78 is 0. The number of anilines is 2. The number of benzene rings is 1. The minimum Gasteiger partial charge on any atom is -0.357 e. The average molecular weight is 441 g/mol. The molecule has 1 aromatic heterocycles. The molecule has 1 fully saturated rings. The zero-order valence-electron chi connectivity index (χ0n) is 20.3. The fourth-order valence-electron chi connectivity index (χ4n) is 4.00. The van der Waals surface area contributed by atoms with Crippen molar-refractivity contribution in [1.29, 1.82) is 0 Å². The van der Waals surface area contributed by atoms with Gasteiger partial charge in [-0.15, -0.1) is 0 Å². The summed E-state index contributed by atoms with van der Waals surface area (Å²) in [6, 6.07) is 10.5. The van der Waals surface area contributed by atoms with Crippen LogP contribution >= 0.6 is 0 Å². The zero-order chi connectivity index (χ0) is 23.8. The average Bonchev–Trinajstić information content (AvgIpc) is 2.84. The van der Waals surface area contributed by atoms with Gasteiger partial charge in [0.1, 0.15) is 5.82 Å². The molecule has 1 aliphatic rings. The van der Waals surface area contributed by atoms with E-state index in [1.54, 1.807) is 0 Å². The molecule has 33 heavy (non-hydrogen) atoms. The summed E-state index contributed by atoms with van der Waals surface area (Å²) in [7, 11) is 1.98. The van der Waals surface area contributed by atoms with E-state index in [2.05, 4.69) is 71.4 Å². The molecule has 0 atom stereocenters. The molecular formula is C29H36N4. The van der Waals surface area contributed by atoms with E-state index in [-0.39, 0.29) is 0 Å². The third-order valence-corrected chi connectivity index (χ3v) is 5.97. The summed E-state index contributed by atoms with van der Waals surface area (Å²) >= 11 is 0. The Hall–Kier alpha value is -3.53. The van der Waals surface area contributed by atoms with Crippen molar-refractivity contribution in [3.05, 3.63) is 95.8 Å². The highest BCUT2D eigenvalue weighted by Crippen LogP contribution is 2.22. The molecule has 0 bridgehead atoms. The zero-order valence-corrected chi connectivity index (χ0v) is 20.3. The van der Waals surface area contributed by atoms with Crippen LogP contribution in [0.25, 0.3) is 17.8 Å². The van der Waals surface area contributed by atoms with E-state index in [9.17, 15) is 0 Å². The number of hydrogen-bond acceptors (Lipinski definition) is 4. The molecule has 2 aromatic rings. The van der Waals surface area contributed by atoms with Crippen molar-refractivity contribution in [2.75, 3.05) is 30.4 Å². The molecule has 0 amide bonds.